The number of rotatable bonds is 3. The number of nitrogens with one attached hydrogen (secondary N) is 1. The molecule has 2 fully saturated rings. The Morgan fingerprint density at radius 2 is 2.35 bits per heavy atom. The van der Waals surface area contributed by atoms with Crippen LogP contribution in [0.25, 0.3) is 0 Å². The number of fused-ring (bicyclic) bond motifs is 2. The van der Waals surface area contributed by atoms with Crippen LogP contribution in [0.4, 0.5) is 0 Å². The van der Waals surface area contributed by atoms with E-state index in [0.29, 0.717) is 0 Å². The summed E-state index contributed by atoms with van der Waals surface area (Å²) in [5, 5.41) is 15.9. The van der Waals surface area contributed by atoms with Gasteiger partial charge in [0.05, 0.1) is 6.61 Å². The first-order valence-electron chi connectivity index (χ1n) is 7.10. The largest absolute Gasteiger partial charge is 0.396 e. The van der Waals surface area contributed by atoms with Crippen molar-refractivity contribution >= 4 is 5.91 Å². The topological polar surface area (TPSA) is 86.3 Å². The van der Waals surface area contributed by atoms with E-state index < -0.39 is 0 Å². The second-order valence-electron chi connectivity index (χ2n) is 5.84. The third kappa shape index (κ3) is 1.78. The fraction of sp³-hybridized carbons (Fsp3) is 0.643. The van der Waals surface area contributed by atoms with Crippen molar-refractivity contribution in [1.29, 1.82) is 0 Å². The van der Waals surface area contributed by atoms with Crippen molar-refractivity contribution in [1.82, 2.24) is 15.1 Å². The molecule has 1 amide bonds. The molecule has 6 heteroatoms. The van der Waals surface area contributed by atoms with Crippen molar-refractivity contribution in [2.45, 2.75) is 44.7 Å². The second-order valence-corrected chi connectivity index (χ2v) is 5.84. The number of carbonyl (C=O) groups excluding carboxylic acids is 1. The van der Waals surface area contributed by atoms with Crippen LogP contribution in [0.2, 0.25) is 0 Å². The quantitative estimate of drug-likeness (QED) is 0.844. The number of aromatic nitrogens is 2. The van der Waals surface area contributed by atoms with Gasteiger partial charge < -0.3 is 10.0 Å². The van der Waals surface area contributed by atoms with Crippen molar-refractivity contribution in [3.63, 3.8) is 0 Å². The van der Waals surface area contributed by atoms with Crippen molar-refractivity contribution in [2.24, 2.45) is 5.41 Å². The van der Waals surface area contributed by atoms with E-state index in [1.54, 1.807) is 0 Å². The molecule has 2 saturated heterocycles. The molecule has 108 valence electrons. The number of hydrogen-bond donors (Lipinski definition) is 2. The van der Waals surface area contributed by atoms with Crippen molar-refractivity contribution < 1.29 is 9.90 Å². The Balaban J connectivity index is 1.90. The number of hydrogen-bond acceptors (Lipinski definition) is 4. The highest BCUT2D eigenvalue weighted by Gasteiger charge is 2.56. The van der Waals surface area contributed by atoms with Gasteiger partial charge in [-0.2, -0.15) is 5.10 Å². The van der Waals surface area contributed by atoms with Crippen molar-refractivity contribution in [3.05, 3.63) is 28.2 Å². The van der Waals surface area contributed by atoms with Crippen molar-refractivity contribution in [2.75, 3.05) is 6.61 Å². The molecule has 2 N–H and O–H groups in total. The Labute approximate surface area is 116 Å². The molecule has 2 aliphatic rings. The summed E-state index contributed by atoms with van der Waals surface area (Å²) in [5.74, 6) is -0.141. The van der Waals surface area contributed by atoms with Gasteiger partial charge in [0, 0.05) is 23.6 Å². The number of aliphatic hydroxyl groups excluding tert-OH is 1. The standard InChI is InChI=1S/C14H19N3O3/c1-2-14(8-18)7-9-3-5-11(14)17(9)13(20)10-4-6-12(19)16-15-10/h4,6,9,11,18H,2-3,5,7-8H2,1H3,(H,16,19)/t9-,11+,14-/m1/s1. The van der Waals surface area contributed by atoms with Gasteiger partial charge >= 0.3 is 0 Å². The predicted molar refractivity (Wildman–Crippen MR) is 72.3 cm³/mol. The number of amides is 1. The first-order chi connectivity index (χ1) is 9.61. The lowest BCUT2D eigenvalue weighted by atomic mass is 9.72. The summed E-state index contributed by atoms with van der Waals surface area (Å²) >= 11 is 0. The molecule has 2 bridgehead atoms. The minimum Gasteiger partial charge on any atom is -0.396 e. The predicted octanol–water partition coefficient (Wildman–Crippen LogP) is 0.535. The highest BCUT2D eigenvalue weighted by molar-refractivity contribution is 5.93. The Morgan fingerprint density at radius 1 is 1.55 bits per heavy atom. The first kappa shape index (κ1) is 13.3. The summed E-state index contributed by atoms with van der Waals surface area (Å²) in [7, 11) is 0. The van der Waals surface area contributed by atoms with Crippen LogP contribution < -0.4 is 5.56 Å². The van der Waals surface area contributed by atoms with Gasteiger partial charge in [0.1, 0.15) is 5.69 Å². The Bertz CT molecular complexity index is 559. The minimum absolute atomic E-state index is 0.0868. The summed E-state index contributed by atoms with van der Waals surface area (Å²) < 4.78 is 0. The van der Waals surface area contributed by atoms with Gasteiger partial charge in [0.2, 0.25) is 0 Å². The highest BCUT2D eigenvalue weighted by atomic mass is 16.3. The molecule has 0 spiro atoms. The molecule has 0 aliphatic carbocycles. The number of H-pyrrole nitrogens is 1. The first-order valence-corrected chi connectivity index (χ1v) is 7.10. The van der Waals surface area contributed by atoms with E-state index in [4.69, 9.17) is 0 Å². The van der Waals surface area contributed by atoms with E-state index in [-0.39, 0.29) is 41.3 Å². The lowest BCUT2D eigenvalue weighted by Gasteiger charge is -2.34. The fourth-order valence-electron chi connectivity index (χ4n) is 3.85. The molecule has 0 unspecified atom stereocenters. The minimum atomic E-state index is -0.316. The summed E-state index contributed by atoms with van der Waals surface area (Å²) in [6.07, 6.45) is 3.66. The molecule has 3 rings (SSSR count). The average molecular weight is 277 g/mol. The normalized spacial score (nSPS) is 31.8. The summed E-state index contributed by atoms with van der Waals surface area (Å²) in [4.78, 5) is 25.5. The molecule has 3 atom stereocenters. The van der Waals surface area contributed by atoms with Crippen LogP contribution in [0.1, 0.15) is 43.1 Å². The molecule has 6 nitrogen and oxygen atoms in total. The number of aliphatic hydroxyl groups is 1. The zero-order valence-electron chi connectivity index (χ0n) is 11.5. The van der Waals surface area contributed by atoms with Gasteiger partial charge in [-0.1, -0.05) is 6.92 Å². The highest BCUT2D eigenvalue weighted by Crippen LogP contribution is 2.51. The molecule has 1 aromatic rings. The summed E-state index contributed by atoms with van der Waals surface area (Å²) in [5.41, 5.74) is -0.212. The smallest absolute Gasteiger partial charge is 0.274 e. The van der Waals surface area contributed by atoms with Gasteiger partial charge in [-0.25, -0.2) is 5.10 Å². The second kappa shape index (κ2) is 4.70. The molecule has 3 heterocycles. The molecule has 0 radical (unpaired) electrons. The molecule has 1 aromatic heterocycles. The van der Waals surface area contributed by atoms with E-state index >= 15 is 0 Å². The van der Waals surface area contributed by atoms with Gasteiger partial charge in [0.15, 0.2) is 0 Å². The fourth-order valence-corrected chi connectivity index (χ4v) is 3.85. The van der Waals surface area contributed by atoms with Gasteiger partial charge in [-0.3, -0.25) is 9.59 Å². The van der Waals surface area contributed by atoms with Gasteiger partial charge in [-0.15, -0.1) is 0 Å². The van der Waals surface area contributed by atoms with Crippen LogP contribution >= 0.6 is 0 Å². The van der Waals surface area contributed by atoms with Gasteiger partial charge in [-0.05, 0) is 31.7 Å². The van der Waals surface area contributed by atoms with E-state index in [1.165, 1.54) is 12.1 Å². The maximum Gasteiger partial charge on any atom is 0.274 e. The molecule has 0 aromatic carbocycles. The molecular weight excluding hydrogens is 258 g/mol. The lowest BCUT2D eigenvalue weighted by Crippen LogP contribution is -2.42. The van der Waals surface area contributed by atoms with Crippen LogP contribution in [0.15, 0.2) is 16.9 Å². The maximum absolute atomic E-state index is 12.6. The third-order valence-corrected chi connectivity index (χ3v) is 5.00. The van der Waals surface area contributed by atoms with E-state index in [9.17, 15) is 14.7 Å². The number of aromatic amines is 1. The molecule has 20 heavy (non-hydrogen) atoms. The van der Waals surface area contributed by atoms with E-state index in [2.05, 4.69) is 17.1 Å². The monoisotopic (exact) mass is 277 g/mol. The number of nitrogens with zero attached hydrogens (tertiary/aromatic N) is 2. The van der Waals surface area contributed by atoms with Gasteiger partial charge in [0.25, 0.3) is 11.5 Å². The maximum atomic E-state index is 12.6. The lowest BCUT2D eigenvalue weighted by molar-refractivity contribution is 0.0552. The van der Waals surface area contributed by atoms with Crippen LogP contribution in [-0.2, 0) is 0 Å². The van der Waals surface area contributed by atoms with Crippen molar-refractivity contribution in [3.8, 4) is 0 Å². The molecule has 2 aliphatic heterocycles. The average Bonchev–Trinajstić information content (AvgIpc) is 3.03. The molecule has 0 saturated carbocycles. The Morgan fingerprint density at radius 3 is 2.90 bits per heavy atom. The van der Waals surface area contributed by atoms with E-state index in [1.807, 2.05) is 4.90 Å². The summed E-state index contributed by atoms with van der Waals surface area (Å²) in [6, 6.07) is 3.06. The zero-order chi connectivity index (χ0) is 14.3. The van der Waals surface area contributed by atoms with Crippen LogP contribution in [-0.4, -0.2) is 44.8 Å². The zero-order valence-corrected chi connectivity index (χ0v) is 11.5. The van der Waals surface area contributed by atoms with E-state index in [0.717, 1.165) is 25.7 Å². The SMILES string of the molecule is CC[C@]1(CO)C[C@H]2CC[C@@H]1N2C(=O)c1ccc(=O)[nH]n1. The Hall–Kier alpha value is -1.69. The van der Waals surface area contributed by atoms with Crippen LogP contribution in [0.3, 0.4) is 0 Å². The summed E-state index contributed by atoms with van der Waals surface area (Å²) in [6.45, 7) is 2.19. The number of carbonyl (C=O) groups is 1. The third-order valence-electron chi connectivity index (χ3n) is 5.00. The molecular formula is C14H19N3O3. The van der Waals surface area contributed by atoms with Crippen LogP contribution in [0, 0.1) is 5.41 Å². The Kier molecular flexibility index (Phi) is 3.12. The van der Waals surface area contributed by atoms with Crippen LogP contribution in [0.5, 0.6) is 0 Å².